The summed E-state index contributed by atoms with van der Waals surface area (Å²) in [4.78, 5) is 76.7. The molecule has 2 unspecified atom stereocenters. The van der Waals surface area contributed by atoms with Crippen LogP contribution in [-0.2, 0) is 39.9 Å². The van der Waals surface area contributed by atoms with Crippen molar-refractivity contribution in [3.05, 3.63) is 107 Å². The smallest absolute Gasteiger partial charge is 0.255 e. The Morgan fingerprint density at radius 3 is 2.33 bits per heavy atom. The van der Waals surface area contributed by atoms with Crippen LogP contribution in [0.3, 0.4) is 0 Å². The van der Waals surface area contributed by atoms with Gasteiger partial charge in [-0.15, -0.1) is 0 Å². The van der Waals surface area contributed by atoms with Crippen LogP contribution in [0.4, 0.5) is 5.69 Å². The number of allylic oxidation sites excluding steroid dienone is 3. The van der Waals surface area contributed by atoms with Gasteiger partial charge in [0.15, 0.2) is 5.84 Å². The molecule has 5 amide bonds. The van der Waals surface area contributed by atoms with Crippen LogP contribution in [0.5, 0.6) is 11.5 Å². The molecule has 21 nitrogen and oxygen atoms in total. The summed E-state index contributed by atoms with van der Waals surface area (Å²) >= 11 is 0. The number of carbonyl (C=O) groups excluding carboxylic acids is 5. The Labute approximate surface area is 468 Å². The van der Waals surface area contributed by atoms with E-state index in [1.165, 1.54) is 4.90 Å². The lowest BCUT2D eigenvalue weighted by atomic mass is 9.79. The molecule has 0 radical (unpaired) electrons. The predicted octanol–water partition coefficient (Wildman–Crippen LogP) is 5.55. The number of rotatable bonds is 28. The summed E-state index contributed by atoms with van der Waals surface area (Å²) in [6.07, 6.45) is 18.7. The second-order valence-corrected chi connectivity index (χ2v) is 21.4. The fourth-order valence-electron chi connectivity index (χ4n) is 10.7. The number of nitrogens with zero attached hydrogens (tertiary/aromatic N) is 5. The molecule has 2 aromatic carbocycles. The summed E-state index contributed by atoms with van der Waals surface area (Å²) < 4.78 is 29.4. The minimum Gasteiger partial charge on any atom is -0.494 e. The Morgan fingerprint density at radius 1 is 0.887 bits per heavy atom. The van der Waals surface area contributed by atoms with E-state index in [4.69, 9.17) is 40.3 Å². The number of imide groups is 1. The van der Waals surface area contributed by atoms with Crippen molar-refractivity contribution in [2.75, 3.05) is 78.3 Å². The normalized spacial score (nSPS) is 21.0. The van der Waals surface area contributed by atoms with Crippen molar-refractivity contribution >= 4 is 46.9 Å². The quantitative estimate of drug-likeness (QED) is 0.0130. The SMILES string of the molecule is CN1CCC(NC2=CC=CC(C)(C(=O)N[C@@H]3CCOc4ccc(OCCCCCCOCCOCCOCCCCCC(=O)Nc5cccc6c5CN(C5CCC(=O)NC5=O)C6=O)cc43)C2)(C(N)=N/C(=N\N)c2ccncc2)CC1. The fourth-order valence-corrected chi connectivity index (χ4v) is 10.7. The number of nitrogens with one attached hydrogen (secondary N) is 4. The number of aliphatic imine (C=N–C) groups is 1. The standard InChI is InChI=1S/C59H79N11O10/c1-58(23-11-12-42(39-58)67-59(24-28-69(2)29-25-59)56(60)66-53(68-61)41-20-26-62-27-21-41)57(75)64-48-22-33-80-50-18-16-43(38-45(48)50)79-32-9-4-3-7-30-76-34-36-78-37-35-77-31-8-5-6-15-51(71)63-47-14-10-13-44-46(47)40-70(55(44)74)49-17-19-52(72)65-54(49)73/h10-14,16,18,20-21,23,26-27,38,48-49,67H,3-9,15,17,19,22,24-25,28-37,39-40,61H2,1-2H3,(H,63,71)(H,64,75)(H2,60,66,68)(H,65,72,73)/t48-,49?,58?/m1/s1. The maximum absolute atomic E-state index is 14.3. The van der Waals surface area contributed by atoms with E-state index < -0.39 is 22.9 Å². The number of unbranched alkanes of at least 4 members (excludes halogenated alkanes) is 5. The number of hydrogen-bond donors (Lipinski definition) is 6. The molecule has 0 spiro atoms. The van der Waals surface area contributed by atoms with Gasteiger partial charge in [0.05, 0.1) is 56.6 Å². The molecule has 0 bridgehead atoms. The number of fused-ring (bicyclic) bond motifs is 2. The highest BCUT2D eigenvalue weighted by Gasteiger charge is 2.43. The van der Waals surface area contributed by atoms with Crippen LogP contribution in [0.1, 0.15) is 130 Å². The van der Waals surface area contributed by atoms with E-state index in [1.807, 2.05) is 43.4 Å². The van der Waals surface area contributed by atoms with E-state index in [2.05, 4.69) is 43.3 Å². The first kappa shape index (κ1) is 58.9. The number of aromatic nitrogens is 1. The molecule has 5 aliphatic rings. The maximum atomic E-state index is 14.3. The number of benzene rings is 2. The van der Waals surface area contributed by atoms with Gasteiger partial charge in [-0.1, -0.05) is 31.1 Å². The molecular formula is C59H79N11O10. The van der Waals surface area contributed by atoms with E-state index in [0.717, 1.165) is 74.4 Å². The number of amides is 5. The number of hydrogen-bond acceptors (Lipinski definition) is 15. The average Bonchev–Trinajstić information content (AvgIpc) is 3.84. The zero-order valence-electron chi connectivity index (χ0n) is 46.3. The highest BCUT2D eigenvalue weighted by Crippen LogP contribution is 2.39. The molecule has 2 saturated heterocycles. The summed E-state index contributed by atoms with van der Waals surface area (Å²) in [6, 6.07) is 13.6. The number of amidine groups is 2. The summed E-state index contributed by atoms with van der Waals surface area (Å²) in [6.45, 7) is 8.07. The Balaban J connectivity index is 0.650. The van der Waals surface area contributed by atoms with Crippen molar-refractivity contribution in [1.82, 2.24) is 30.7 Å². The molecule has 1 aliphatic carbocycles. The third kappa shape index (κ3) is 15.8. The van der Waals surface area contributed by atoms with Gasteiger partial charge in [0.2, 0.25) is 23.6 Å². The van der Waals surface area contributed by atoms with Crippen molar-refractivity contribution in [3.8, 4) is 11.5 Å². The van der Waals surface area contributed by atoms with E-state index in [-0.39, 0.29) is 49.1 Å². The first-order valence-electron chi connectivity index (χ1n) is 28.2. The molecule has 4 aliphatic heterocycles. The third-order valence-electron chi connectivity index (χ3n) is 15.4. The lowest BCUT2D eigenvalue weighted by Crippen LogP contribution is -2.60. The Bertz CT molecular complexity index is 2760. The Hall–Kier alpha value is -7.20. The molecule has 8 N–H and O–H groups in total. The van der Waals surface area contributed by atoms with Crippen LogP contribution in [0.2, 0.25) is 0 Å². The molecule has 3 aromatic rings. The summed E-state index contributed by atoms with van der Waals surface area (Å²) in [5.41, 5.74) is 9.57. The van der Waals surface area contributed by atoms with Gasteiger partial charge in [-0.3, -0.25) is 34.3 Å². The number of pyridine rings is 1. The van der Waals surface area contributed by atoms with Gasteiger partial charge in [-0.05, 0) is 114 Å². The van der Waals surface area contributed by atoms with Gasteiger partial charge in [-0.25, -0.2) is 4.99 Å². The fraction of sp³-hybridized carbons (Fsp3) is 0.525. The second-order valence-electron chi connectivity index (χ2n) is 21.4. The zero-order valence-corrected chi connectivity index (χ0v) is 46.3. The molecule has 3 atom stereocenters. The Kier molecular flexibility index (Phi) is 21.2. The van der Waals surface area contributed by atoms with Gasteiger partial charge < -0.3 is 61.0 Å². The van der Waals surface area contributed by atoms with Gasteiger partial charge in [0.25, 0.3) is 5.91 Å². The third-order valence-corrected chi connectivity index (χ3v) is 15.4. The van der Waals surface area contributed by atoms with Crippen molar-refractivity contribution in [3.63, 3.8) is 0 Å². The van der Waals surface area contributed by atoms with Crippen molar-refractivity contribution in [2.24, 2.45) is 27.1 Å². The van der Waals surface area contributed by atoms with E-state index in [9.17, 15) is 24.0 Å². The summed E-state index contributed by atoms with van der Waals surface area (Å²) in [7, 11) is 2.09. The molecule has 8 rings (SSSR count). The molecule has 80 heavy (non-hydrogen) atoms. The molecule has 1 aromatic heterocycles. The number of anilines is 1. The number of piperidine rings is 2. The minimum absolute atomic E-state index is 0.0795. The van der Waals surface area contributed by atoms with Gasteiger partial charge in [0, 0.05) is 105 Å². The van der Waals surface area contributed by atoms with Crippen LogP contribution in [0.25, 0.3) is 0 Å². The summed E-state index contributed by atoms with van der Waals surface area (Å²) in [5.74, 6) is 6.69. The second kappa shape index (κ2) is 28.8. The minimum atomic E-state index is -0.831. The number of hydrazone groups is 1. The van der Waals surface area contributed by atoms with E-state index in [1.54, 1.807) is 42.7 Å². The molecule has 5 heterocycles. The van der Waals surface area contributed by atoms with Crippen LogP contribution in [0.15, 0.2) is 94.9 Å². The lowest BCUT2D eigenvalue weighted by Gasteiger charge is -2.43. The first-order valence-corrected chi connectivity index (χ1v) is 28.2. The summed E-state index contributed by atoms with van der Waals surface area (Å²) in [5, 5.41) is 16.3. The average molecular weight is 1100 g/mol. The zero-order chi connectivity index (χ0) is 56.3. The van der Waals surface area contributed by atoms with Crippen molar-refractivity contribution < 1.29 is 47.7 Å². The van der Waals surface area contributed by atoms with Crippen LogP contribution in [0, 0.1) is 5.41 Å². The molecule has 430 valence electrons. The predicted molar refractivity (Wildman–Crippen MR) is 303 cm³/mol. The van der Waals surface area contributed by atoms with Gasteiger partial charge >= 0.3 is 0 Å². The van der Waals surface area contributed by atoms with Crippen LogP contribution in [-0.4, -0.2) is 141 Å². The van der Waals surface area contributed by atoms with Gasteiger partial charge in [0.1, 0.15) is 23.4 Å². The lowest BCUT2D eigenvalue weighted by molar-refractivity contribution is -0.137. The molecule has 0 saturated carbocycles. The van der Waals surface area contributed by atoms with Gasteiger partial charge in [-0.2, -0.15) is 5.10 Å². The van der Waals surface area contributed by atoms with E-state index in [0.29, 0.717) is 125 Å². The van der Waals surface area contributed by atoms with Crippen LogP contribution >= 0.6 is 0 Å². The number of nitrogens with two attached hydrogens (primary N) is 2. The van der Waals surface area contributed by atoms with Crippen molar-refractivity contribution in [2.45, 2.75) is 121 Å². The Morgan fingerprint density at radius 2 is 1.60 bits per heavy atom. The molecule has 2 fully saturated rings. The molecule has 21 heteroatoms. The monoisotopic (exact) mass is 1100 g/mol. The van der Waals surface area contributed by atoms with E-state index >= 15 is 0 Å². The van der Waals surface area contributed by atoms with Crippen LogP contribution < -0.4 is 42.3 Å². The highest BCUT2D eigenvalue weighted by molar-refractivity contribution is 6.09. The highest BCUT2D eigenvalue weighted by atomic mass is 16.5. The maximum Gasteiger partial charge on any atom is 0.255 e. The number of ether oxygens (including phenoxy) is 5. The van der Waals surface area contributed by atoms with Crippen molar-refractivity contribution in [1.29, 1.82) is 0 Å². The molecular weight excluding hydrogens is 1020 g/mol. The first-order chi connectivity index (χ1) is 38.8. The number of carbonyl (C=O) groups is 5. The topological polar surface area (TPSA) is 276 Å². The largest absolute Gasteiger partial charge is 0.494 e. The number of likely N-dealkylation sites (tertiary alicyclic amines) is 1.